The Morgan fingerprint density at radius 3 is 2.00 bits per heavy atom. The lowest BCUT2D eigenvalue weighted by atomic mass is 10.0. The molecule has 2 aromatic rings. The van der Waals surface area contributed by atoms with Gasteiger partial charge in [-0.2, -0.15) is 26.3 Å². The zero-order valence-electron chi connectivity index (χ0n) is 18.2. The van der Waals surface area contributed by atoms with Gasteiger partial charge in [0.1, 0.15) is 6.17 Å². The summed E-state index contributed by atoms with van der Waals surface area (Å²) in [5.41, 5.74) is -2.79. The van der Waals surface area contributed by atoms with E-state index in [1.807, 2.05) is 0 Å². The van der Waals surface area contributed by atoms with Gasteiger partial charge in [0.05, 0.1) is 11.1 Å². The van der Waals surface area contributed by atoms with Gasteiger partial charge < -0.3 is 9.80 Å². The van der Waals surface area contributed by atoms with Crippen molar-refractivity contribution in [2.45, 2.75) is 45.2 Å². The predicted octanol–water partition coefficient (Wildman–Crippen LogP) is 6.47. The zero-order chi connectivity index (χ0) is 25.4. The number of carbonyl (C=O) groups is 2. The summed E-state index contributed by atoms with van der Waals surface area (Å²) in [5.74, 6) is -1.34. The fourth-order valence-corrected chi connectivity index (χ4v) is 4.02. The molecule has 0 spiro atoms. The summed E-state index contributed by atoms with van der Waals surface area (Å²) in [7, 11) is 0. The van der Waals surface area contributed by atoms with Gasteiger partial charge in [-0.25, -0.2) is 0 Å². The van der Waals surface area contributed by atoms with Crippen molar-refractivity contribution in [1.29, 1.82) is 0 Å². The Bertz CT molecular complexity index is 1070. The molecular weight excluding hydrogens is 486 g/mol. The highest BCUT2D eigenvalue weighted by molar-refractivity contribution is 6.31. The molecule has 0 saturated carbocycles. The second-order valence-corrected chi connectivity index (χ2v) is 8.42. The monoisotopic (exact) mass is 506 g/mol. The minimum absolute atomic E-state index is 0.0327. The predicted molar refractivity (Wildman–Crippen MR) is 113 cm³/mol. The maximum atomic E-state index is 13.3. The van der Waals surface area contributed by atoms with Gasteiger partial charge in [-0.1, -0.05) is 30.7 Å². The van der Waals surface area contributed by atoms with Crippen LogP contribution in [0.15, 0.2) is 36.4 Å². The van der Waals surface area contributed by atoms with E-state index in [0.29, 0.717) is 29.1 Å². The minimum atomic E-state index is -5.09. The van der Waals surface area contributed by atoms with Crippen LogP contribution >= 0.6 is 11.6 Å². The molecule has 0 radical (unpaired) electrons. The Morgan fingerprint density at radius 2 is 1.50 bits per heavy atom. The van der Waals surface area contributed by atoms with Gasteiger partial charge >= 0.3 is 12.4 Å². The normalized spacial score (nSPS) is 16.8. The third-order valence-corrected chi connectivity index (χ3v) is 5.95. The summed E-state index contributed by atoms with van der Waals surface area (Å²) < 4.78 is 79.8. The largest absolute Gasteiger partial charge is 0.416 e. The molecule has 0 aliphatic carbocycles. The number of hydrogen-bond donors (Lipinski definition) is 0. The van der Waals surface area contributed by atoms with Gasteiger partial charge in [0.2, 0.25) is 5.91 Å². The highest BCUT2D eigenvalue weighted by Crippen LogP contribution is 2.38. The van der Waals surface area contributed by atoms with Crippen molar-refractivity contribution in [3.63, 3.8) is 0 Å². The number of halogens is 7. The maximum Gasteiger partial charge on any atom is 0.416 e. The molecule has 1 heterocycles. The summed E-state index contributed by atoms with van der Waals surface area (Å²) in [6, 6.07) is 5.58. The summed E-state index contributed by atoms with van der Waals surface area (Å²) >= 11 is 6.21. The lowest BCUT2D eigenvalue weighted by Gasteiger charge is -2.31. The maximum absolute atomic E-state index is 13.3. The molecule has 0 N–H and O–H groups in total. The van der Waals surface area contributed by atoms with Gasteiger partial charge in [-0.15, -0.1) is 0 Å². The summed E-state index contributed by atoms with van der Waals surface area (Å²) in [4.78, 5) is 28.5. The smallest absolute Gasteiger partial charge is 0.316 e. The zero-order valence-corrected chi connectivity index (χ0v) is 19.0. The van der Waals surface area contributed by atoms with E-state index in [1.54, 1.807) is 26.0 Å². The van der Waals surface area contributed by atoms with Crippen LogP contribution in [0.1, 0.15) is 58.5 Å². The molecule has 11 heteroatoms. The molecule has 0 aromatic heterocycles. The molecule has 3 rings (SSSR count). The number of nitrogens with zero attached hydrogens (tertiary/aromatic N) is 2. The average Bonchev–Trinajstić information content (AvgIpc) is 3.19. The van der Waals surface area contributed by atoms with E-state index in [0.717, 1.165) is 10.5 Å². The molecule has 2 aromatic carbocycles. The lowest BCUT2D eigenvalue weighted by molar-refractivity contribution is -0.143. The fourth-order valence-electron chi connectivity index (χ4n) is 3.83. The van der Waals surface area contributed by atoms with E-state index in [1.165, 1.54) is 11.0 Å². The molecule has 1 unspecified atom stereocenters. The van der Waals surface area contributed by atoms with Gasteiger partial charge in [0, 0.05) is 30.1 Å². The standard InChI is InChI=1S/C23H21ClF6N2O2/c1-3-4-19(33)31-7-8-32(20(31)14-6-5-13(2)18(24)11-14)21(34)15-9-16(22(25,26)27)12-17(10-15)23(28,29)30/h5-6,9-12,20H,3-4,7-8H2,1-2H3. The van der Waals surface area contributed by atoms with Crippen molar-refractivity contribution in [3.8, 4) is 0 Å². The highest BCUT2D eigenvalue weighted by Gasteiger charge is 2.42. The van der Waals surface area contributed by atoms with Crippen LogP contribution in [0.2, 0.25) is 5.02 Å². The second kappa shape index (κ2) is 9.48. The van der Waals surface area contributed by atoms with Crippen molar-refractivity contribution >= 4 is 23.4 Å². The highest BCUT2D eigenvalue weighted by atomic mass is 35.5. The van der Waals surface area contributed by atoms with E-state index in [9.17, 15) is 35.9 Å². The quantitative estimate of drug-likeness (QED) is 0.446. The van der Waals surface area contributed by atoms with Crippen molar-refractivity contribution in [2.24, 2.45) is 0 Å². The van der Waals surface area contributed by atoms with Crippen molar-refractivity contribution in [2.75, 3.05) is 13.1 Å². The third kappa shape index (κ3) is 5.32. The Balaban J connectivity index is 2.10. The molecule has 1 aliphatic heterocycles. The number of carbonyl (C=O) groups excluding carboxylic acids is 2. The lowest BCUT2D eigenvalue weighted by Crippen LogP contribution is -2.38. The summed E-state index contributed by atoms with van der Waals surface area (Å²) in [5, 5.41) is 0.345. The molecule has 4 nitrogen and oxygen atoms in total. The Hall–Kier alpha value is -2.75. The van der Waals surface area contributed by atoms with Gasteiger partial charge in [0.25, 0.3) is 5.91 Å². The number of benzene rings is 2. The number of rotatable bonds is 4. The van der Waals surface area contributed by atoms with Crippen LogP contribution in [0.3, 0.4) is 0 Å². The van der Waals surface area contributed by atoms with Crippen LogP contribution in [0.4, 0.5) is 26.3 Å². The number of hydrogen-bond acceptors (Lipinski definition) is 2. The summed E-state index contributed by atoms with van der Waals surface area (Å²) in [6.07, 6.45) is -10.5. The Morgan fingerprint density at radius 1 is 0.941 bits per heavy atom. The van der Waals surface area contributed by atoms with Crippen LogP contribution in [-0.4, -0.2) is 34.7 Å². The SMILES string of the molecule is CCCC(=O)N1CCN(C(=O)c2cc(C(F)(F)F)cc(C(F)(F)F)c2)C1c1ccc(C)c(Cl)c1. The van der Waals surface area contributed by atoms with Crippen molar-refractivity contribution in [1.82, 2.24) is 9.80 Å². The molecule has 2 amide bonds. The van der Waals surface area contributed by atoms with Gasteiger partial charge in [0.15, 0.2) is 0 Å². The van der Waals surface area contributed by atoms with E-state index in [-0.39, 0.29) is 31.5 Å². The van der Waals surface area contributed by atoms with Crippen LogP contribution < -0.4 is 0 Å². The van der Waals surface area contributed by atoms with E-state index in [2.05, 4.69) is 0 Å². The number of aryl methyl sites for hydroxylation is 1. The molecule has 1 saturated heterocycles. The molecule has 1 aliphatic rings. The third-order valence-electron chi connectivity index (χ3n) is 5.55. The van der Waals surface area contributed by atoms with Crippen LogP contribution in [-0.2, 0) is 17.1 Å². The molecule has 1 atom stereocenters. The molecule has 184 valence electrons. The molecule has 0 bridgehead atoms. The van der Waals surface area contributed by atoms with E-state index < -0.39 is 41.1 Å². The average molecular weight is 507 g/mol. The first-order valence-corrected chi connectivity index (χ1v) is 10.8. The van der Waals surface area contributed by atoms with E-state index in [4.69, 9.17) is 11.6 Å². The Kier molecular flexibility index (Phi) is 7.21. The van der Waals surface area contributed by atoms with Crippen molar-refractivity contribution < 1.29 is 35.9 Å². The first-order valence-electron chi connectivity index (χ1n) is 10.4. The van der Waals surface area contributed by atoms with Gasteiger partial charge in [-0.3, -0.25) is 9.59 Å². The van der Waals surface area contributed by atoms with Gasteiger partial charge in [-0.05, 0) is 48.7 Å². The molecular formula is C23H21ClF6N2O2. The minimum Gasteiger partial charge on any atom is -0.316 e. The number of amides is 2. The summed E-state index contributed by atoms with van der Waals surface area (Å²) in [6.45, 7) is 3.54. The van der Waals surface area contributed by atoms with Crippen LogP contribution in [0, 0.1) is 6.92 Å². The first-order chi connectivity index (χ1) is 15.7. The van der Waals surface area contributed by atoms with Crippen LogP contribution in [0.25, 0.3) is 0 Å². The second-order valence-electron chi connectivity index (χ2n) is 8.01. The molecule has 1 fully saturated rings. The van der Waals surface area contributed by atoms with Crippen molar-refractivity contribution in [3.05, 3.63) is 69.2 Å². The number of alkyl halides is 6. The topological polar surface area (TPSA) is 40.6 Å². The molecule has 34 heavy (non-hydrogen) atoms. The first kappa shape index (κ1) is 25.9. The Labute approximate surface area is 197 Å². The fraction of sp³-hybridized carbons (Fsp3) is 0.391. The van der Waals surface area contributed by atoms with E-state index >= 15 is 0 Å². The van der Waals surface area contributed by atoms with Crippen LogP contribution in [0.5, 0.6) is 0 Å².